The number of halogens is 1. The minimum atomic E-state index is -0.693. The fraction of sp³-hybridized carbons (Fsp3) is 0.300. The number of aromatic nitrogens is 2. The van der Waals surface area contributed by atoms with E-state index in [4.69, 9.17) is 4.74 Å². The van der Waals surface area contributed by atoms with E-state index >= 15 is 0 Å². The third kappa shape index (κ3) is 3.31. The number of aromatic amines is 1. The lowest BCUT2D eigenvalue weighted by atomic mass is 9.91. The van der Waals surface area contributed by atoms with E-state index in [9.17, 15) is 14.3 Å². The van der Waals surface area contributed by atoms with Crippen LogP contribution in [0, 0.1) is 5.82 Å². The number of fused-ring (bicyclic) bond motifs is 1. The SMILES string of the molecule is O=C(NC1(CO)CCOCC1)c1[nH]c(-c2cccc(F)c2)c2cccc[n+]12. The average Bonchev–Trinajstić information content (AvgIpc) is 3.09. The Morgan fingerprint density at radius 1 is 1.26 bits per heavy atom. The molecular formula is C20H21FN3O3+. The number of carbonyl (C=O) groups is 1. The summed E-state index contributed by atoms with van der Waals surface area (Å²) in [5.41, 5.74) is 1.38. The van der Waals surface area contributed by atoms with Crippen molar-refractivity contribution in [1.82, 2.24) is 10.3 Å². The summed E-state index contributed by atoms with van der Waals surface area (Å²) in [6.07, 6.45) is 2.88. The number of pyridine rings is 1. The highest BCUT2D eigenvalue weighted by atomic mass is 19.1. The number of rotatable bonds is 4. The van der Waals surface area contributed by atoms with Crippen LogP contribution >= 0.6 is 0 Å². The largest absolute Gasteiger partial charge is 0.394 e. The van der Waals surface area contributed by atoms with E-state index in [1.807, 2.05) is 18.2 Å². The summed E-state index contributed by atoms with van der Waals surface area (Å²) in [5.74, 6) is -0.345. The fourth-order valence-corrected chi connectivity index (χ4v) is 3.50. The summed E-state index contributed by atoms with van der Waals surface area (Å²) < 4.78 is 20.8. The molecule has 0 atom stereocenters. The number of nitrogens with one attached hydrogen (secondary N) is 2. The number of benzene rings is 1. The monoisotopic (exact) mass is 370 g/mol. The number of ether oxygens (including phenoxy) is 1. The highest BCUT2D eigenvalue weighted by Crippen LogP contribution is 2.24. The molecular weight excluding hydrogens is 349 g/mol. The van der Waals surface area contributed by atoms with Crippen LogP contribution in [0.15, 0.2) is 48.7 Å². The zero-order valence-corrected chi connectivity index (χ0v) is 14.7. The predicted molar refractivity (Wildman–Crippen MR) is 96.7 cm³/mol. The van der Waals surface area contributed by atoms with Crippen molar-refractivity contribution in [2.45, 2.75) is 18.4 Å². The van der Waals surface area contributed by atoms with Gasteiger partial charge in [-0.3, -0.25) is 4.79 Å². The first-order valence-corrected chi connectivity index (χ1v) is 8.91. The predicted octanol–water partition coefficient (Wildman–Crippen LogP) is 1.83. The lowest BCUT2D eigenvalue weighted by molar-refractivity contribution is -0.514. The van der Waals surface area contributed by atoms with E-state index in [1.165, 1.54) is 12.1 Å². The number of H-pyrrole nitrogens is 1. The molecule has 4 rings (SSSR count). The van der Waals surface area contributed by atoms with Gasteiger partial charge in [0.1, 0.15) is 5.82 Å². The lowest BCUT2D eigenvalue weighted by Crippen LogP contribution is -2.55. The van der Waals surface area contributed by atoms with Crippen molar-refractivity contribution in [2.75, 3.05) is 19.8 Å². The Morgan fingerprint density at radius 3 is 2.81 bits per heavy atom. The third-order valence-electron chi connectivity index (χ3n) is 5.06. The summed E-state index contributed by atoms with van der Waals surface area (Å²) in [7, 11) is 0. The molecule has 0 radical (unpaired) electrons. The minimum Gasteiger partial charge on any atom is -0.394 e. The van der Waals surface area contributed by atoms with Gasteiger partial charge in [0.15, 0.2) is 11.2 Å². The van der Waals surface area contributed by atoms with Gasteiger partial charge in [-0.05, 0) is 37.1 Å². The van der Waals surface area contributed by atoms with Gasteiger partial charge in [-0.2, -0.15) is 4.40 Å². The summed E-state index contributed by atoms with van der Waals surface area (Å²) in [4.78, 5) is 16.1. The molecule has 3 heterocycles. The molecule has 0 spiro atoms. The van der Waals surface area contributed by atoms with Gasteiger partial charge in [0.25, 0.3) is 0 Å². The van der Waals surface area contributed by atoms with Gasteiger partial charge >= 0.3 is 11.7 Å². The van der Waals surface area contributed by atoms with Crippen LogP contribution in [0.5, 0.6) is 0 Å². The maximum atomic E-state index is 13.7. The summed E-state index contributed by atoms with van der Waals surface area (Å²) in [6, 6.07) is 11.8. The van der Waals surface area contributed by atoms with E-state index in [0.717, 1.165) is 5.52 Å². The van der Waals surface area contributed by atoms with Crippen LogP contribution in [-0.2, 0) is 4.74 Å². The molecule has 1 aromatic carbocycles. The van der Waals surface area contributed by atoms with Crippen molar-refractivity contribution in [3.63, 3.8) is 0 Å². The molecule has 140 valence electrons. The first-order chi connectivity index (χ1) is 13.1. The molecule has 7 heteroatoms. The Kier molecular flexibility index (Phi) is 4.63. The highest BCUT2D eigenvalue weighted by Gasteiger charge is 2.37. The third-order valence-corrected chi connectivity index (χ3v) is 5.06. The number of imidazole rings is 1. The number of hydrogen-bond donors (Lipinski definition) is 3. The van der Waals surface area contributed by atoms with Crippen molar-refractivity contribution in [3.8, 4) is 11.3 Å². The first kappa shape index (κ1) is 17.6. The van der Waals surface area contributed by atoms with Gasteiger partial charge in [0.2, 0.25) is 0 Å². The molecule has 0 aliphatic carbocycles. The van der Waals surface area contributed by atoms with Crippen LogP contribution in [-0.4, -0.2) is 41.4 Å². The number of aliphatic hydroxyl groups is 1. The van der Waals surface area contributed by atoms with Crippen LogP contribution in [0.1, 0.15) is 23.5 Å². The second-order valence-corrected chi connectivity index (χ2v) is 6.82. The zero-order chi connectivity index (χ0) is 18.9. The van der Waals surface area contributed by atoms with Crippen LogP contribution < -0.4 is 9.72 Å². The van der Waals surface area contributed by atoms with E-state index in [0.29, 0.717) is 43.1 Å². The van der Waals surface area contributed by atoms with Gasteiger partial charge in [-0.1, -0.05) is 18.2 Å². The molecule has 1 aliphatic rings. The molecule has 27 heavy (non-hydrogen) atoms. The normalized spacial score (nSPS) is 16.4. The van der Waals surface area contributed by atoms with E-state index in [1.54, 1.807) is 22.7 Å². The lowest BCUT2D eigenvalue weighted by Gasteiger charge is -2.35. The topological polar surface area (TPSA) is 78.4 Å². The van der Waals surface area contributed by atoms with E-state index < -0.39 is 5.54 Å². The maximum absolute atomic E-state index is 13.7. The quantitative estimate of drug-likeness (QED) is 0.613. The summed E-state index contributed by atoms with van der Waals surface area (Å²) in [5, 5.41) is 12.8. The Labute approximate surface area is 155 Å². The number of nitrogens with zero attached hydrogens (tertiary/aromatic N) is 1. The summed E-state index contributed by atoms with van der Waals surface area (Å²) >= 11 is 0. The second kappa shape index (κ2) is 7.09. The zero-order valence-electron chi connectivity index (χ0n) is 14.7. The average molecular weight is 370 g/mol. The Hall–Kier alpha value is -2.77. The maximum Gasteiger partial charge on any atom is 0.351 e. The minimum absolute atomic E-state index is 0.151. The molecule has 3 aromatic rings. The molecule has 3 N–H and O–H groups in total. The molecule has 1 aliphatic heterocycles. The standard InChI is InChI=1S/C20H20FN3O3/c21-15-5-3-4-14(12-15)17-16-6-1-2-9-24(16)18(22-17)19(26)23-20(13-25)7-10-27-11-8-20/h1-6,9,12,25H,7-8,10-11,13H2,(H,23,26)/p+1. The van der Waals surface area contributed by atoms with Crippen molar-refractivity contribution < 1.29 is 23.4 Å². The molecule has 1 amide bonds. The van der Waals surface area contributed by atoms with Crippen molar-refractivity contribution >= 4 is 11.4 Å². The van der Waals surface area contributed by atoms with Gasteiger partial charge in [-0.25, -0.2) is 9.37 Å². The molecule has 0 bridgehead atoms. The van der Waals surface area contributed by atoms with Gasteiger partial charge in [0.05, 0.1) is 18.3 Å². The number of amides is 1. The van der Waals surface area contributed by atoms with Crippen LogP contribution in [0.3, 0.4) is 0 Å². The highest BCUT2D eigenvalue weighted by molar-refractivity contribution is 5.92. The Bertz CT molecular complexity index is 980. The smallest absolute Gasteiger partial charge is 0.351 e. The number of hydrogen-bond acceptors (Lipinski definition) is 3. The van der Waals surface area contributed by atoms with E-state index in [2.05, 4.69) is 10.3 Å². The first-order valence-electron chi connectivity index (χ1n) is 8.91. The molecule has 2 aromatic heterocycles. The van der Waals surface area contributed by atoms with Gasteiger partial charge < -0.3 is 15.2 Å². The van der Waals surface area contributed by atoms with Crippen molar-refractivity contribution in [1.29, 1.82) is 0 Å². The van der Waals surface area contributed by atoms with Crippen molar-refractivity contribution in [3.05, 3.63) is 60.3 Å². The number of carbonyl (C=O) groups excluding carboxylic acids is 1. The van der Waals surface area contributed by atoms with Crippen LogP contribution in [0.2, 0.25) is 0 Å². The van der Waals surface area contributed by atoms with Gasteiger partial charge in [0, 0.05) is 18.8 Å². The second-order valence-electron chi connectivity index (χ2n) is 6.82. The molecule has 6 nitrogen and oxygen atoms in total. The van der Waals surface area contributed by atoms with E-state index in [-0.39, 0.29) is 18.3 Å². The number of aliphatic hydroxyl groups excluding tert-OH is 1. The van der Waals surface area contributed by atoms with Gasteiger partial charge in [-0.15, -0.1) is 0 Å². The molecule has 0 unspecified atom stereocenters. The Morgan fingerprint density at radius 2 is 2.07 bits per heavy atom. The molecule has 1 fully saturated rings. The van der Waals surface area contributed by atoms with Crippen molar-refractivity contribution in [2.24, 2.45) is 0 Å². The molecule has 1 saturated heterocycles. The fourth-order valence-electron chi connectivity index (χ4n) is 3.50. The summed E-state index contributed by atoms with van der Waals surface area (Å²) in [6.45, 7) is 0.837. The Balaban J connectivity index is 1.75. The van der Waals surface area contributed by atoms with Crippen LogP contribution in [0.25, 0.3) is 16.8 Å². The molecule has 0 saturated carbocycles. The van der Waals surface area contributed by atoms with Crippen LogP contribution in [0.4, 0.5) is 4.39 Å².